The SMILES string of the molecule is Cc1ccc(NC(=O)COc2ccc3ccccc3c2)c(Nc2nccc(-c3cccnc3)n2)c1. The molecule has 2 N–H and O–H groups in total. The van der Waals surface area contributed by atoms with Crippen LogP contribution in [0.4, 0.5) is 17.3 Å². The van der Waals surface area contributed by atoms with Gasteiger partial charge in [-0.25, -0.2) is 9.97 Å². The Labute approximate surface area is 202 Å². The number of hydrogen-bond acceptors (Lipinski definition) is 6. The molecule has 5 rings (SSSR count). The molecule has 0 saturated carbocycles. The summed E-state index contributed by atoms with van der Waals surface area (Å²) < 4.78 is 5.73. The number of benzene rings is 3. The molecule has 0 spiro atoms. The summed E-state index contributed by atoms with van der Waals surface area (Å²) in [4.78, 5) is 25.7. The van der Waals surface area contributed by atoms with Crippen LogP contribution >= 0.6 is 0 Å². The lowest BCUT2D eigenvalue weighted by molar-refractivity contribution is -0.118. The van der Waals surface area contributed by atoms with E-state index in [1.54, 1.807) is 18.6 Å². The molecular weight excluding hydrogens is 438 g/mol. The number of carbonyl (C=O) groups excluding carboxylic acids is 1. The molecule has 0 bridgehead atoms. The smallest absolute Gasteiger partial charge is 0.262 e. The van der Waals surface area contributed by atoms with E-state index in [9.17, 15) is 4.79 Å². The van der Waals surface area contributed by atoms with Crippen molar-refractivity contribution < 1.29 is 9.53 Å². The second kappa shape index (κ2) is 10.0. The summed E-state index contributed by atoms with van der Waals surface area (Å²) in [5.74, 6) is 0.789. The zero-order valence-electron chi connectivity index (χ0n) is 19.1. The van der Waals surface area contributed by atoms with E-state index in [0.29, 0.717) is 23.1 Å². The number of ether oxygens (including phenoxy) is 1. The van der Waals surface area contributed by atoms with Crippen molar-refractivity contribution >= 4 is 34.0 Å². The van der Waals surface area contributed by atoms with Crippen LogP contribution < -0.4 is 15.4 Å². The van der Waals surface area contributed by atoms with Crippen molar-refractivity contribution in [3.8, 4) is 17.0 Å². The van der Waals surface area contributed by atoms with Crippen LogP contribution in [0, 0.1) is 6.92 Å². The second-order valence-corrected chi connectivity index (χ2v) is 8.03. The number of amides is 1. The molecule has 7 nitrogen and oxygen atoms in total. The van der Waals surface area contributed by atoms with E-state index in [4.69, 9.17) is 4.74 Å². The normalized spacial score (nSPS) is 10.7. The average Bonchev–Trinajstić information content (AvgIpc) is 2.89. The number of anilines is 3. The molecule has 5 aromatic rings. The molecule has 0 saturated heterocycles. The summed E-state index contributed by atoms with van der Waals surface area (Å²) in [6, 6.07) is 25.1. The van der Waals surface area contributed by atoms with Gasteiger partial charge in [-0.1, -0.05) is 36.4 Å². The Morgan fingerprint density at radius 2 is 1.77 bits per heavy atom. The number of rotatable bonds is 7. The van der Waals surface area contributed by atoms with Crippen molar-refractivity contribution in [2.24, 2.45) is 0 Å². The van der Waals surface area contributed by atoms with Gasteiger partial charge in [0, 0.05) is 24.2 Å². The molecule has 2 aromatic heterocycles. The molecule has 0 aliphatic rings. The largest absolute Gasteiger partial charge is 0.484 e. The zero-order chi connectivity index (χ0) is 24.0. The van der Waals surface area contributed by atoms with Crippen molar-refractivity contribution in [1.82, 2.24) is 15.0 Å². The van der Waals surface area contributed by atoms with Crippen LogP contribution in [0.5, 0.6) is 5.75 Å². The predicted octanol–water partition coefficient (Wildman–Crippen LogP) is 5.76. The summed E-state index contributed by atoms with van der Waals surface area (Å²) in [6.45, 7) is 1.87. The van der Waals surface area contributed by atoms with E-state index >= 15 is 0 Å². The Bertz CT molecular complexity index is 1490. The molecule has 0 atom stereocenters. The molecule has 0 aliphatic carbocycles. The standard InChI is InChI=1S/C28H23N5O2/c1-19-8-11-25(31-27(34)18-35-23-10-9-20-5-2-3-6-21(20)16-23)26(15-19)33-28-30-14-12-24(32-28)22-7-4-13-29-17-22/h2-17H,18H2,1H3,(H,31,34)(H,30,32,33). The fourth-order valence-corrected chi connectivity index (χ4v) is 3.68. The van der Waals surface area contributed by atoms with E-state index in [1.165, 1.54) is 0 Å². The van der Waals surface area contributed by atoms with E-state index < -0.39 is 0 Å². The highest BCUT2D eigenvalue weighted by Gasteiger charge is 2.11. The minimum atomic E-state index is -0.268. The summed E-state index contributed by atoms with van der Waals surface area (Å²) in [7, 11) is 0. The number of aromatic nitrogens is 3. The highest BCUT2D eigenvalue weighted by atomic mass is 16.5. The maximum Gasteiger partial charge on any atom is 0.262 e. The molecule has 0 aliphatic heterocycles. The Morgan fingerprint density at radius 1 is 0.886 bits per heavy atom. The van der Waals surface area contributed by atoms with Gasteiger partial charge in [0.25, 0.3) is 5.91 Å². The second-order valence-electron chi connectivity index (χ2n) is 8.03. The van der Waals surface area contributed by atoms with Gasteiger partial charge in [-0.15, -0.1) is 0 Å². The molecule has 1 amide bonds. The first-order valence-corrected chi connectivity index (χ1v) is 11.2. The highest BCUT2D eigenvalue weighted by molar-refractivity contribution is 5.96. The maximum atomic E-state index is 12.7. The van der Waals surface area contributed by atoms with Gasteiger partial charge in [-0.2, -0.15) is 0 Å². The minimum absolute atomic E-state index is 0.112. The van der Waals surface area contributed by atoms with Crippen LogP contribution in [0.15, 0.2) is 97.5 Å². The molecular formula is C28H23N5O2. The lowest BCUT2D eigenvalue weighted by atomic mass is 10.1. The first-order valence-electron chi connectivity index (χ1n) is 11.2. The first kappa shape index (κ1) is 22.0. The van der Waals surface area contributed by atoms with Crippen molar-refractivity contribution in [3.63, 3.8) is 0 Å². The van der Waals surface area contributed by atoms with Gasteiger partial charge in [0.1, 0.15) is 5.75 Å². The van der Waals surface area contributed by atoms with Gasteiger partial charge in [0.2, 0.25) is 5.95 Å². The Balaban J connectivity index is 1.29. The Kier molecular flexibility index (Phi) is 6.30. The van der Waals surface area contributed by atoms with E-state index in [1.807, 2.05) is 85.8 Å². The fourth-order valence-electron chi connectivity index (χ4n) is 3.68. The zero-order valence-corrected chi connectivity index (χ0v) is 19.1. The maximum absolute atomic E-state index is 12.7. The van der Waals surface area contributed by atoms with E-state index in [-0.39, 0.29) is 12.5 Å². The van der Waals surface area contributed by atoms with Gasteiger partial charge in [0.15, 0.2) is 6.61 Å². The summed E-state index contributed by atoms with van der Waals surface area (Å²) in [6.07, 6.45) is 5.15. The number of nitrogens with one attached hydrogen (secondary N) is 2. The van der Waals surface area contributed by atoms with Gasteiger partial charge >= 0.3 is 0 Å². The molecule has 0 unspecified atom stereocenters. The quantitative estimate of drug-likeness (QED) is 0.320. The monoisotopic (exact) mass is 461 g/mol. The molecule has 2 heterocycles. The fraction of sp³-hybridized carbons (Fsp3) is 0.0714. The number of carbonyl (C=O) groups is 1. The van der Waals surface area contributed by atoms with Crippen LogP contribution in [0.2, 0.25) is 0 Å². The number of nitrogens with zero attached hydrogens (tertiary/aromatic N) is 3. The Hall–Kier alpha value is -4.78. The van der Waals surface area contributed by atoms with Gasteiger partial charge in [-0.3, -0.25) is 9.78 Å². The van der Waals surface area contributed by atoms with E-state index in [0.717, 1.165) is 27.6 Å². The van der Waals surface area contributed by atoms with Crippen LogP contribution in [0.25, 0.3) is 22.0 Å². The number of hydrogen-bond donors (Lipinski definition) is 2. The van der Waals surface area contributed by atoms with Crippen molar-refractivity contribution in [3.05, 3.63) is 103 Å². The highest BCUT2D eigenvalue weighted by Crippen LogP contribution is 2.27. The van der Waals surface area contributed by atoms with Gasteiger partial charge in [0.05, 0.1) is 17.1 Å². The average molecular weight is 462 g/mol. The summed E-state index contributed by atoms with van der Waals surface area (Å²) in [5, 5.41) is 8.32. The van der Waals surface area contributed by atoms with Crippen LogP contribution in [0.1, 0.15) is 5.56 Å². The lowest BCUT2D eigenvalue weighted by Crippen LogP contribution is -2.20. The topological polar surface area (TPSA) is 89.0 Å². The number of fused-ring (bicyclic) bond motifs is 1. The van der Waals surface area contributed by atoms with Crippen LogP contribution in [-0.4, -0.2) is 27.5 Å². The van der Waals surface area contributed by atoms with Crippen molar-refractivity contribution in [1.29, 1.82) is 0 Å². The van der Waals surface area contributed by atoms with Crippen molar-refractivity contribution in [2.45, 2.75) is 6.92 Å². The number of pyridine rings is 1. The third kappa shape index (κ3) is 5.42. The first-order chi connectivity index (χ1) is 17.1. The predicted molar refractivity (Wildman–Crippen MR) is 138 cm³/mol. The molecule has 172 valence electrons. The Morgan fingerprint density at radius 3 is 2.63 bits per heavy atom. The minimum Gasteiger partial charge on any atom is -0.484 e. The van der Waals surface area contributed by atoms with Crippen LogP contribution in [-0.2, 0) is 4.79 Å². The van der Waals surface area contributed by atoms with Crippen LogP contribution in [0.3, 0.4) is 0 Å². The molecule has 7 heteroatoms. The molecule has 0 radical (unpaired) electrons. The number of aryl methyl sites for hydroxylation is 1. The molecule has 35 heavy (non-hydrogen) atoms. The van der Waals surface area contributed by atoms with E-state index in [2.05, 4.69) is 25.6 Å². The third-order valence-corrected chi connectivity index (χ3v) is 5.40. The summed E-state index contributed by atoms with van der Waals surface area (Å²) >= 11 is 0. The van der Waals surface area contributed by atoms with Crippen molar-refractivity contribution in [2.75, 3.05) is 17.2 Å². The third-order valence-electron chi connectivity index (χ3n) is 5.40. The van der Waals surface area contributed by atoms with Gasteiger partial charge < -0.3 is 15.4 Å². The lowest BCUT2D eigenvalue weighted by Gasteiger charge is -2.14. The van der Waals surface area contributed by atoms with Gasteiger partial charge in [-0.05, 0) is 65.7 Å². The summed E-state index contributed by atoms with van der Waals surface area (Å²) in [5.41, 5.74) is 3.96. The molecule has 0 fully saturated rings. The molecule has 3 aromatic carbocycles.